The molecule has 1 heterocycles. The predicted molar refractivity (Wildman–Crippen MR) is 87.6 cm³/mol. The standard InChI is InChI=1S/C18H26N2O2/c1-4-15-5-7-16(8-6-15)9-10-17(21)19-11-12-20(14(2)3)18(22)13-19/h5-8,14H,4,9-13H2,1-3H3. The highest BCUT2D eigenvalue weighted by Gasteiger charge is 2.27. The smallest absolute Gasteiger partial charge is 0.242 e. The number of hydrogen-bond acceptors (Lipinski definition) is 2. The zero-order valence-electron chi connectivity index (χ0n) is 13.8. The van der Waals surface area contributed by atoms with Crippen LogP contribution >= 0.6 is 0 Å². The Morgan fingerprint density at radius 1 is 1.14 bits per heavy atom. The summed E-state index contributed by atoms with van der Waals surface area (Å²) in [6.45, 7) is 7.67. The third kappa shape index (κ3) is 4.09. The van der Waals surface area contributed by atoms with Gasteiger partial charge in [-0.3, -0.25) is 9.59 Å². The van der Waals surface area contributed by atoms with Crippen LogP contribution in [0.15, 0.2) is 24.3 Å². The van der Waals surface area contributed by atoms with Crippen molar-refractivity contribution in [3.8, 4) is 0 Å². The highest BCUT2D eigenvalue weighted by Crippen LogP contribution is 2.11. The van der Waals surface area contributed by atoms with Crippen molar-refractivity contribution in [3.05, 3.63) is 35.4 Å². The van der Waals surface area contributed by atoms with Gasteiger partial charge in [0, 0.05) is 25.6 Å². The van der Waals surface area contributed by atoms with E-state index < -0.39 is 0 Å². The molecule has 0 unspecified atom stereocenters. The number of rotatable bonds is 5. The van der Waals surface area contributed by atoms with Crippen molar-refractivity contribution in [2.24, 2.45) is 0 Å². The molecule has 0 aliphatic carbocycles. The molecule has 0 spiro atoms. The van der Waals surface area contributed by atoms with E-state index in [9.17, 15) is 9.59 Å². The van der Waals surface area contributed by atoms with Gasteiger partial charge in [0.25, 0.3) is 0 Å². The number of hydrogen-bond donors (Lipinski definition) is 0. The van der Waals surface area contributed by atoms with Gasteiger partial charge in [0.1, 0.15) is 0 Å². The molecule has 0 N–H and O–H groups in total. The van der Waals surface area contributed by atoms with E-state index >= 15 is 0 Å². The average molecular weight is 302 g/mol. The van der Waals surface area contributed by atoms with Crippen LogP contribution in [0.5, 0.6) is 0 Å². The Balaban J connectivity index is 1.83. The Hall–Kier alpha value is -1.84. The number of nitrogens with zero attached hydrogens (tertiary/aromatic N) is 2. The van der Waals surface area contributed by atoms with Crippen molar-refractivity contribution in [1.29, 1.82) is 0 Å². The Morgan fingerprint density at radius 2 is 1.77 bits per heavy atom. The summed E-state index contributed by atoms with van der Waals surface area (Å²) in [5.74, 6) is 0.137. The van der Waals surface area contributed by atoms with E-state index in [1.165, 1.54) is 11.1 Å². The second kappa shape index (κ2) is 7.43. The van der Waals surface area contributed by atoms with Gasteiger partial charge in [0.05, 0.1) is 6.54 Å². The number of carbonyl (C=O) groups is 2. The van der Waals surface area contributed by atoms with Crippen LogP contribution in [0.3, 0.4) is 0 Å². The first kappa shape index (κ1) is 16.5. The highest BCUT2D eigenvalue weighted by molar-refractivity contribution is 5.86. The highest BCUT2D eigenvalue weighted by atomic mass is 16.2. The van der Waals surface area contributed by atoms with E-state index in [1.54, 1.807) is 4.90 Å². The first-order valence-electron chi connectivity index (χ1n) is 8.16. The van der Waals surface area contributed by atoms with Gasteiger partial charge in [-0.1, -0.05) is 31.2 Å². The number of benzene rings is 1. The fourth-order valence-corrected chi connectivity index (χ4v) is 2.80. The van der Waals surface area contributed by atoms with Crippen LogP contribution in [0.2, 0.25) is 0 Å². The molecule has 0 bridgehead atoms. The first-order valence-corrected chi connectivity index (χ1v) is 8.16. The molecular formula is C18H26N2O2. The van der Waals surface area contributed by atoms with E-state index in [1.807, 2.05) is 18.7 Å². The summed E-state index contributed by atoms with van der Waals surface area (Å²) in [7, 11) is 0. The summed E-state index contributed by atoms with van der Waals surface area (Å²) in [6, 6.07) is 8.62. The van der Waals surface area contributed by atoms with Crippen LogP contribution in [-0.2, 0) is 22.4 Å². The minimum Gasteiger partial charge on any atom is -0.337 e. The third-order valence-corrected chi connectivity index (χ3v) is 4.29. The topological polar surface area (TPSA) is 40.6 Å². The number of piperazine rings is 1. The quantitative estimate of drug-likeness (QED) is 0.837. The maximum absolute atomic E-state index is 12.3. The molecule has 1 aliphatic rings. The third-order valence-electron chi connectivity index (χ3n) is 4.29. The normalized spacial score (nSPS) is 15.5. The number of amides is 2. The van der Waals surface area contributed by atoms with Crippen LogP contribution in [0.4, 0.5) is 0 Å². The Labute approximate surface area is 133 Å². The fourth-order valence-electron chi connectivity index (χ4n) is 2.80. The summed E-state index contributed by atoms with van der Waals surface area (Å²) < 4.78 is 0. The fraction of sp³-hybridized carbons (Fsp3) is 0.556. The first-order chi connectivity index (χ1) is 10.5. The monoisotopic (exact) mass is 302 g/mol. The SMILES string of the molecule is CCc1ccc(CCC(=O)N2CCN(C(C)C)C(=O)C2)cc1. The minimum absolute atomic E-state index is 0.0573. The lowest BCUT2D eigenvalue weighted by atomic mass is 10.1. The van der Waals surface area contributed by atoms with Crippen LogP contribution in [-0.4, -0.2) is 47.3 Å². The van der Waals surface area contributed by atoms with E-state index in [-0.39, 0.29) is 24.4 Å². The lowest BCUT2D eigenvalue weighted by molar-refractivity contribution is -0.146. The number of carbonyl (C=O) groups excluding carboxylic acids is 2. The van der Waals surface area contributed by atoms with Crippen molar-refractivity contribution < 1.29 is 9.59 Å². The average Bonchev–Trinajstić information content (AvgIpc) is 2.52. The summed E-state index contributed by atoms with van der Waals surface area (Å²) in [5, 5.41) is 0. The molecular weight excluding hydrogens is 276 g/mol. The van der Waals surface area contributed by atoms with Crippen LogP contribution < -0.4 is 0 Å². The lowest BCUT2D eigenvalue weighted by Crippen LogP contribution is -2.54. The molecule has 1 saturated heterocycles. The Bertz CT molecular complexity index is 522. The van der Waals surface area contributed by atoms with Gasteiger partial charge in [0.2, 0.25) is 11.8 Å². The van der Waals surface area contributed by atoms with E-state index in [2.05, 4.69) is 31.2 Å². The van der Waals surface area contributed by atoms with E-state index in [4.69, 9.17) is 0 Å². The van der Waals surface area contributed by atoms with Crippen molar-refractivity contribution in [3.63, 3.8) is 0 Å². The Kier molecular flexibility index (Phi) is 5.58. The van der Waals surface area contributed by atoms with Crippen molar-refractivity contribution in [2.75, 3.05) is 19.6 Å². The molecule has 1 aromatic carbocycles. The van der Waals surface area contributed by atoms with Crippen molar-refractivity contribution in [2.45, 2.75) is 46.1 Å². The zero-order valence-corrected chi connectivity index (χ0v) is 13.8. The van der Waals surface area contributed by atoms with Gasteiger partial charge >= 0.3 is 0 Å². The molecule has 1 aromatic rings. The summed E-state index contributed by atoms with van der Waals surface area (Å²) in [4.78, 5) is 27.8. The number of aryl methyl sites for hydroxylation is 2. The van der Waals surface area contributed by atoms with Crippen LogP contribution in [0.25, 0.3) is 0 Å². The van der Waals surface area contributed by atoms with Gasteiger partial charge in [-0.2, -0.15) is 0 Å². The second-order valence-corrected chi connectivity index (χ2v) is 6.17. The molecule has 2 amide bonds. The molecule has 1 aliphatic heterocycles. The van der Waals surface area contributed by atoms with Crippen LogP contribution in [0, 0.1) is 0 Å². The zero-order chi connectivity index (χ0) is 16.1. The van der Waals surface area contributed by atoms with Crippen LogP contribution in [0.1, 0.15) is 38.3 Å². The van der Waals surface area contributed by atoms with Gasteiger partial charge in [-0.05, 0) is 37.8 Å². The largest absolute Gasteiger partial charge is 0.337 e. The summed E-state index contributed by atoms with van der Waals surface area (Å²) >= 11 is 0. The summed E-state index contributed by atoms with van der Waals surface area (Å²) in [6.07, 6.45) is 2.24. The van der Waals surface area contributed by atoms with Gasteiger partial charge in [-0.15, -0.1) is 0 Å². The van der Waals surface area contributed by atoms with Gasteiger partial charge < -0.3 is 9.80 Å². The molecule has 0 atom stereocenters. The van der Waals surface area contributed by atoms with Gasteiger partial charge in [-0.25, -0.2) is 0 Å². The van der Waals surface area contributed by atoms with E-state index in [0.29, 0.717) is 19.5 Å². The molecule has 22 heavy (non-hydrogen) atoms. The predicted octanol–water partition coefficient (Wildman–Crippen LogP) is 2.26. The maximum Gasteiger partial charge on any atom is 0.242 e. The summed E-state index contributed by atoms with van der Waals surface area (Å²) in [5.41, 5.74) is 2.49. The molecule has 1 fully saturated rings. The molecule has 0 aromatic heterocycles. The van der Waals surface area contributed by atoms with Crippen molar-refractivity contribution in [1.82, 2.24) is 9.80 Å². The molecule has 4 heteroatoms. The molecule has 0 saturated carbocycles. The Morgan fingerprint density at radius 3 is 2.32 bits per heavy atom. The second-order valence-electron chi connectivity index (χ2n) is 6.17. The molecule has 0 radical (unpaired) electrons. The van der Waals surface area contributed by atoms with E-state index in [0.717, 1.165) is 12.8 Å². The molecule has 4 nitrogen and oxygen atoms in total. The van der Waals surface area contributed by atoms with Gasteiger partial charge in [0.15, 0.2) is 0 Å². The molecule has 120 valence electrons. The van der Waals surface area contributed by atoms with Crippen molar-refractivity contribution >= 4 is 11.8 Å². The minimum atomic E-state index is 0.0573. The molecule has 2 rings (SSSR count). The maximum atomic E-state index is 12.3. The lowest BCUT2D eigenvalue weighted by Gasteiger charge is -2.36.